The van der Waals surface area contributed by atoms with Crippen molar-refractivity contribution in [3.8, 4) is 5.75 Å². The fraction of sp³-hybridized carbons (Fsp3) is 0.333. The molecule has 0 aliphatic heterocycles. The summed E-state index contributed by atoms with van der Waals surface area (Å²) in [5, 5.41) is 3.23. The van der Waals surface area contributed by atoms with Crippen molar-refractivity contribution in [2.45, 2.75) is 6.04 Å². The maximum Gasteiger partial charge on any atom is 0.137 e. The topological polar surface area (TPSA) is 52.0 Å². The molecule has 0 saturated heterocycles. The standard InChI is InChI=1S/C12H16N4O/c1-13-11(12-15-4-5-16(12)2)9-6-10(17-3)8-14-7-9/h4-8,11,13H,1-3H3. The second-order valence-corrected chi connectivity index (χ2v) is 3.78. The molecule has 0 aliphatic rings. The first-order valence-corrected chi connectivity index (χ1v) is 5.39. The van der Waals surface area contributed by atoms with Gasteiger partial charge in [-0.2, -0.15) is 0 Å². The molecule has 5 nitrogen and oxygen atoms in total. The number of ether oxygens (including phenoxy) is 1. The summed E-state index contributed by atoms with van der Waals surface area (Å²) in [4.78, 5) is 8.51. The van der Waals surface area contributed by atoms with Gasteiger partial charge in [0, 0.05) is 25.6 Å². The molecule has 0 radical (unpaired) electrons. The summed E-state index contributed by atoms with van der Waals surface area (Å²) in [6, 6.07) is 1.97. The Morgan fingerprint density at radius 2 is 2.24 bits per heavy atom. The molecule has 1 unspecified atom stereocenters. The second-order valence-electron chi connectivity index (χ2n) is 3.78. The van der Waals surface area contributed by atoms with E-state index in [-0.39, 0.29) is 6.04 Å². The van der Waals surface area contributed by atoms with Crippen molar-refractivity contribution in [1.29, 1.82) is 0 Å². The summed E-state index contributed by atoms with van der Waals surface area (Å²) in [7, 11) is 5.51. The maximum atomic E-state index is 5.18. The molecule has 2 aromatic rings. The molecule has 2 rings (SSSR count). The van der Waals surface area contributed by atoms with Crippen molar-refractivity contribution >= 4 is 0 Å². The molecular weight excluding hydrogens is 216 g/mol. The van der Waals surface area contributed by atoms with Crippen molar-refractivity contribution in [3.05, 3.63) is 42.2 Å². The fourth-order valence-corrected chi connectivity index (χ4v) is 1.81. The highest BCUT2D eigenvalue weighted by Gasteiger charge is 2.16. The second kappa shape index (κ2) is 4.97. The number of aryl methyl sites for hydroxylation is 1. The molecule has 0 saturated carbocycles. The van der Waals surface area contributed by atoms with Gasteiger partial charge in [-0.15, -0.1) is 0 Å². The first-order chi connectivity index (χ1) is 8.26. The van der Waals surface area contributed by atoms with E-state index in [9.17, 15) is 0 Å². The normalized spacial score (nSPS) is 12.4. The van der Waals surface area contributed by atoms with Crippen molar-refractivity contribution in [1.82, 2.24) is 19.9 Å². The van der Waals surface area contributed by atoms with Crippen LogP contribution in [0.5, 0.6) is 5.75 Å². The van der Waals surface area contributed by atoms with E-state index in [1.165, 1.54) is 0 Å². The number of hydrogen-bond acceptors (Lipinski definition) is 4. The Labute approximate surface area is 100 Å². The maximum absolute atomic E-state index is 5.18. The first kappa shape index (κ1) is 11.6. The van der Waals surface area contributed by atoms with Crippen LogP contribution < -0.4 is 10.1 Å². The van der Waals surface area contributed by atoms with E-state index in [0.29, 0.717) is 0 Å². The first-order valence-electron chi connectivity index (χ1n) is 5.39. The SMILES string of the molecule is CNC(c1cncc(OC)c1)c1nccn1C. The smallest absolute Gasteiger partial charge is 0.137 e. The van der Waals surface area contributed by atoms with Crippen LogP contribution in [-0.4, -0.2) is 28.7 Å². The molecule has 0 aromatic carbocycles. The number of nitrogens with zero attached hydrogens (tertiary/aromatic N) is 3. The van der Waals surface area contributed by atoms with E-state index in [4.69, 9.17) is 4.74 Å². The van der Waals surface area contributed by atoms with E-state index < -0.39 is 0 Å². The number of methoxy groups -OCH3 is 1. The van der Waals surface area contributed by atoms with Crippen LogP contribution in [0.2, 0.25) is 0 Å². The molecule has 5 heteroatoms. The zero-order valence-corrected chi connectivity index (χ0v) is 10.2. The Balaban J connectivity index is 2.38. The Hall–Kier alpha value is -1.88. The minimum absolute atomic E-state index is 0.0117. The van der Waals surface area contributed by atoms with Gasteiger partial charge < -0.3 is 14.6 Å². The summed E-state index contributed by atoms with van der Waals surface area (Å²) in [5.41, 5.74) is 1.03. The number of nitrogens with one attached hydrogen (secondary N) is 1. The lowest BCUT2D eigenvalue weighted by Gasteiger charge is -2.16. The van der Waals surface area contributed by atoms with Gasteiger partial charge in [0.05, 0.1) is 19.3 Å². The van der Waals surface area contributed by atoms with Gasteiger partial charge in [0.1, 0.15) is 11.6 Å². The van der Waals surface area contributed by atoms with Gasteiger partial charge in [-0.1, -0.05) is 0 Å². The molecule has 0 spiro atoms. The average Bonchev–Trinajstić information content (AvgIpc) is 2.77. The van der Waals surface area contributed by atoms with Gasteiger partial charge in [-0.25, -0.2) is 4.98 Å². The number of imidazole rings is 1. The van der Waals surface area contributed by atoms with Gasteiger partial charge in [0.15, 0.2) is 0 Å². The lowest BCUT2D eigenvalue weighted by Crippen LogP contribution is -2.21. The minimum Gasteiger partial charge on any atom is -0.495 e. The fourth-order valence-electron chi connectivity index (χ4n) is 1.81. The molecule has 0 amide bonds. The lowest BCUT2D eigenvalue weighted by molar-refractivity contribution is 0.411. The quantitative estimate of drug-likeness (QED) is 0.858. The zero-order valence-electron chi connectivity index (χ0n) is 10.2. The molecule has 90 valence electrons. The summed E-state index contributed by atoms with van der Waals surface area (Å²) >= 11 is 0. The van der Waals surface area contributed by atoms with Gasteiger partial charge in [-0.3, -0.25) is 4.98 Å². The Bertz CT molecular complexity index is 495. The monoisotopic (exact) mass is 232 g/mol. The predicted molar refractivity (Wildman–Crippen MR) is 64.9 cm³/mol. The predicted octanol–water partition coefficient (Wildman–Crippen LogP) is 1.13. The minimum atomic E-state index is 0.0117. The molecule has 2 aromatic heterocycles. The summed E-state index contributed by atoms with van der Waals surface area (Å²) in [6.07, 6.45) is 7.22. The summed E-state index contributed by atoms with van der Waals surface area (Å²) < 4.78 is 7.17. The zero-order chi connectivity index (χ0) is 12.3. The third kappa shape index (κ3) is 2.29. The molecule has 0 bridgehead atoms. The highest BCUT2D eigenvalue weighted by Crippen LogP contribution is 2.22. The van der Waals surface area contributed by atoms with Crippen molar-refractivity contribution < 1.29 is 4.74 Å². The van der Waals surface area contributed by atoms with E-state index in [1.807, 2.05) is 37.1 Å². The van der Waals surface area contributed by atoms with Crippen LogP contribution in [0.3, 0.4) is 0 Å². The van der Waals surface area contributed by atoms with Crippen LogP contribution in [-0.2, 0) is 7.05 Å². The Kier molecular flexibility index (Phi) is 3.39. The van der Waals surface area contributed by atoms with Gasteiger partial charge in [-0.05, 0) is 18.7 Å². The third-order valence-electron chi connectivity index (χ3n) is 2.71. The Morgan fingerprint density at radius 3 is 2.82 bits per heavy atom. The average molecular weight is 232 g/mol. The number of hydrogen-bond donors (Lipinski definition) is 1. The highest BCUT2D eigenvalue weighted by atomic mass is 16.5. The van der Waals surface area contributed by atoms with Crippen LogP contribution in [0.4, 0.5) is 0 Å². The van der Waals surface area contributed by atoms with Crippen LogP contribution >= 0.6 is 0 Å². The van der Waals surface area contributed by atoms with Gasteiger partial charge >= 0.3 is 0 Å². The third-order valence-corrected chi connectivity index (χ3v) is 2.71. The van der Waals surface area contributed by atoms with Crippen LogP contribution in [0.15, 0.2) is 30.9 Å². The number of aromatic nitrogens is 3. The van der Waals surface area contributed by atoms with Crippen molar-refractivity contribution in [2.75, 3.05) is 14.2 Å². The molecular formula is C12H16N4O. The van der Waals surface area contributed by atoms with E-state index in [0.717, 1.165) is 17.1 Å². The molecule has 17 heavy (non-hydrogen) atoms. The molecule has 2 heterocycles. The largest absolute Gasteiger partial charge is 0.495 e. The van der Waals surface area contributed by atoms with Crippen molar-refractivity contribution in [2.24, 2.45) is 7.05 Å². The number of pyridine rings is 1. The molecule has 0 fully saturated rings. The summed E-state index contributed by atoms with van der Waals surface area (Å²) in [5.74, 6) is 1.69. The number of rotatable bonds is 4. The molecule has 0 aliphatic carbocycles. The molecule has 1 N–H and O–H groups in total. The Morgan fingerprint density at radius 1 is 1.41 bits per heavy atom. The lowest BCUT2D eigenvalue weighted by atomic mass is 10.1. The van der Waals surface area contributed by atoms with Crippen LogP contribution in [0.25, 0.3) is 0 Å². The van der Waals surface area contributed by atoms with E-state index >= 15 is 0 Å². The van der Waals surface area contributed by atoms with E-state index in [1.54, 1.807) is 19.5 Å². The summed E-state index contributed by atoms with van der Waals surface area (Å²) in [6.45, 7) is 0. The van der Waals surface area contributed by atoms with Crippen LogP contribution in [0.1, 0.15) is 17.4 Å². The van der Waals surface area contributed by atoms with Gasteiger partial charge in [0.2, 0.25) is 0 Å². The van der Waals surface area contributed by atoms with Crippen LogP contribution in [0, 0.1) is 0 Å². The van der Waals surface area contributed by atoms with Crippen molar-refractivity contribution in [3.63, 3.8) is 0 Å². The van der Waals surface area contributed by atoms with Gasteiger partial charge in [0.25, 0.3) is 0 Å². The highest BCUT2D eigenvalue weighted by molar-refractivity contribution is 5.29. The van der Waals surface area contributed by atoms with E-state index in [2.05, 4.69) is 15.3 Å². The molecule has 1 atom stereocenters.